The normalized spacial score (nSPS) is 14.5. The van der Waals surface area contributed by atoms with Gasteiger partial charge in [0.25, 0.3) is 5.91 Å². The van der Waals surface area contributed by atoms with Crippen molar-refractivity contribution in [1.29, 1.82) is 0 Å². The zero-order valence-electron chi connectivity index (χ0n) is 14.6. The molecule has 1 fully saturated rings. The van der Waals surface area contributed by atoms with Gasteiger partial charge < -0.3 is 29.4 Å². The molecular weight excluding hydrogens is 340 g/mol. The molecule has 0 bridgehead atoms. The average molecular weight is 362 g/mol. The van der Waals surface area contributed by atoms with E-state index in [0.717, 1.165) is 0 Å². The molecular formula is C16H22N6O4. The van der Waals surface area contributed by atoms with Crippen molar-refractivity contribution >= 4 is 11.9 Å². The van der Waals surface area contributed by atoms with Crippen LogP contribution < -0.4 is 5.32 Å². The monoisotopic (exact) mass is 362 g/mol. The minimum absolute atomic E-state index is 0.0505. The van der Waals surface area contributed by atoms with Crippen LogP contribution in [0.5, 0.6) is 0 Å². The van der Waals surface area contributed by atoms with E-state index in [1.807, 2.05) is 0 Å². The van der Waals surface area contributed by atoms with Crippen molar-refractivity contribution in [3.8, 4) is 0 Å². The van der Waals surface area contributed by atoms with Gasteiger partial charge in [-0.3, -0.25) is 4.79 Å². The number of aromatic nitrogens is 3. The second-order valence-corrected chi connectivity index (χ2v) is 5.87. The van der Waals surface area contributed by atoms with Crippen molar-refractivity contribution in [2.45, 2.75) is 13.0 Å². The lowest BCUT2D eigenvalue weighted by atomic mass is 10.3. The third-order valence-electron chi connectivity index (χ3n) is 4.11. The lowest BCUT2D eigenvalue weighted by Crippen LogP contribution is -2.53. The molecule has 140 valence electrons. The summed E-state index contributed by atoms with van der Waals surface area (Å²) in [6.45, 7) is 2.63. The van der Waals surface area contributed by atoms with Gasteiger partial charge >= 0.3 is 6.03 Å². The maximum Gasteiger partial charge on any atom is 0.317 e. The van der Waals surface area contributed by atoms with E-state index in [-0.39, 0.29) is 18.5 Å². The predicted octanol–water partition coefficient (Wildman–Crippen LogP) is 0.254. The highest BCUT2D eigenvalue weighted by molar-refractivity contribution is 5.92. The molecule has 0 aliphatic carbocycles. The third-order valence-corrected chi connectivity index (χ3v) is 4.11. The number of urea groups is 1. The first-order valence-electron chi connectivity index (χ1n) is 8.43. The average Bonchev–Trinajstić information content (AvgIpc) is 3.36. The van der Waals surface area contributed by atoms with Gasteiger partial charge in [0.1, 0.15) is 5.69 Å². The Bertz CT molecular complexity index is 721. The number of rotatable bonds is 6. The number of hydrogen-bond acceptors (Lipinski definition) is 6. The standard InChI is InChI=1S/C16H22N6O4/c1-25-10-4-14-19-13(20-26-14)11-18-16(24)22-8-6-21(7-9-22)15(23)12-3-2-5-17-12/h2-3,5,17H,4,6-11H2,1H3,(H,18,24). The summed E-state index contributed by atoms with van der Waals surface area (Å²) in [6, 6.07) is 3.32. The van der Waals surface area contributed by atoms with Crippen LogP contribution in [-0.2, 0) is 17.7 Å². The Morgan fingerprint density at radius 3 is 2.77 bits per heavy atom. The van der Waals surface area contributed by atoms with Gasteiger partial charge in [-0.2, -0.15) is 4.98 Å². The van der Waals surface area contributed by atoms with Gasteiger partial charge in [0.15, 0.2) is 5.82 Å². The molecule has 3 rings (SSSR count). The smallest absolute Gasteiger partial charge is 0.317 e. The molecule has 0 aromatic carbocycles. The summed E-state index contributed by atoms with van der Waals surface area (Å²) >= 11 is 0. The minimum Gasteiger partial charge on any atom is -0.384 e. The highest BCUT2D eigenvalue weighted by Gasteiger charge is 2.25. The number of ether oxygens (including phenoxy) is 1. The lowest BCUT2D eigenvalue weighted by molar-refractivity contribution is 0.0659. The summed E-state index contributed by atoms with van der Waals surface area (Å²) < 4.78 is 10.0. The fraction of sp³-hybridized carbons (Fsp3) is 0.500. The second kappa shape index (κ2) is 8.48. The lowest BCUT2D eigenvalue weighted by Gasteiger charge is -2.34. The topological polar surface area (TPSA) is 117 Å². The number of nitrogens with zero attached hydrogens (tertiary/aromatic N) is 4. The maximum absolute atomic E-state index is 12.3. The number of hydrogen-bond donors (Lipinski definition) is 2. The Morgan fingerprint density at radius 2 is 2.08 bits per heavy atom. The van der Waals surface area contributed by atoms with Crippen LogP contribution in [0.4, 0.5) is 4.79 Å². The Kier molecular flexibility index (Phi) is 5.84. The maximum atomic E-state index is 12.3. The molecule has 0 radical (unpaired) electrons. The van der Waals surface area contributed by atoms with E-state index in [1.165, 1.54) is 0 Å². The largest absolute Gasteiger partial charge is 0.384 e. The zero-order valence-corrected chi connectivity index (χ0v) is 14.6. The summed E-state index contributed by atoms with van der Waals surface area (Å²) in [5.74, 6) is 0.850. The number of nitrogens with one attached hydrogen (secondary N) is 2. The first-order valence-corrected chi connectivity index (χ1v) is 8.43. The predicted molar refractivity (Wildman–Crippen MR) is 90.4 cm³/mol. The molecule has 1 aliphatic heterocycles. The third kappa shape index (κ3) is 4.39. The Hall–Kier alpha value is -2.88. The molecule has 3 heterocycles. The number of carbonyl (C=O) groups excluding carboxylic acids is 2. The molecule has 2 aromatic heterocycles. The SMILES string of the molecule is COCCc1nc(CNC(=O)N2CCN(C(=O)c3ccc[nH]3)CC2)no1. The molecule has 1 aliphatic rings. The van der Waals surface area contributed by atoms with E-state index < -0.39 is 0 Å². The van der Waals surface area contributed by atoms with E-state index in [4.69, 9.17) is 9.26 Å². The van der Waals surface area contributed by atoms with Gasteiger partial charge in [0.05, 0.1) is 19.6 Å². The van der Waals surface area contributed by atoms with E-state index in [1.54, 1.807) is 35.2 Å². The molecule has 26 heavy (non-hydrogen) atoms. The minimum atomic E-state index is -0.208. The quantitative estimate of drug-likeness (QED) is 0.761. The van der Waals surface area contributed by atoms with E-state index in [0.29, 0.717) is 56.6 Å². The van der Waals surface area contributed by atoms with Gasteiger partial charge in [0, 0.05) is 39.5 Å². The molecule has 3 amide bonds. The number of methoxy groups -OCH3 is 1. The summed E-state index contributed by atoms with van der Waals surface area (Å²) in [4.78, 5) is 35.0. The zero-order chi connectivity index (χ0) is 18.4. The van der Waals surface area contributed by atoms with E-state index in [2.05, 4.69) is 20.4 Å². The molecule has 2 aromatic rings. The van der Waals surface area contributed by atoms with Gasteiger partial charge in [-0.25, -0.2) is 4.79 Å². The Labute approximate surface area is 150 Å². The number of aromatic amines is 1. The molecule has 10 nitrogen and oxygen atoms in total. The van der Waals surface area contributed by atoms with Crippen molar-refractivity contribution in [2.75, 3.05) is 39.9 Å². The number of H-pyrrole nitrogens is 1. The van der Waals surface area contributed by atoms with Crippen molar-refractivity contribution in [3.05, 3.63) is 35.7 Å². The van der Waals surface area contributed by atoms with Crippen LogP contribution in [0, 0.1) is 0 Å². The van der Waals surface area contributed by atoms with Crippen LogP contribution in [-0.4, -0.2) is 76.8 Å². The van der Waals surface area contributed by atoms with Crippen LogP contribution in [0.3, 0.4) is 0 Å². The number of carbonyl (C=O) groups is 2. The van der Waals surface area contributed by atoms with Gasteiger partial charge in [-0.15, -0.1) is 0 Å². The van der Waals surface area contributed by atoms with Crippen LogP contribution in [0.25, 0.3) is 0 Å². The first-order chi connectivity index (χ1) is 12.7. The molecule has 0 unspecified atom stereocenters. The number of piperazine rings is 1. The first kappa shape index (κ1) is 17.9. The molecule has 10 heteroatoms. The Balaban J connectivity index is 1.42. The van der Waals surface area contributed by atoms with Crippen LogP contribution in [0.1, 0.15) is 22.2 Å². The Morgan fingerprint density at radius 1 is 1.31 bits per heavy atom. The van der Waals surface area contributed by atoms with Crippen molar-refractivity contribution < 1.29 is 18.8 Å². The summed E-state index contributed by atoms with van der Waals surface area (Å²) in [7, 11) is 1.60. The summed E-state index contributed by atoms with van der Waals surface area (Å²) in [6.07, 6.45) is 2.25. The summed E-state index contributed by atoms with van der Waals surface area (Å²) in [5.41, 5.74) is 0.560. The fourth-order valence-corrected chi connectivity index (χ4v) is 2.67. The van der Waals surface area contributed by atoms with Gasteiger partial charge in [-0.05, 0) is 12.1 Å². The molecule has 0 atom stereocenters. The number of amides is 3. The highest BCUT2D eigenvalue weighted by atomic mass is 16.5. The second-order valence-electron chi connectivity index (χ2n) is 5.87. The van der Waals surface area contributed by atoms with Crippen LogP contribution in [0.15, 0.2) is 22.9 Å². The van der Waals surface area contributed by atoms with Gasteiger partial charge in [0.2, 0.25) is 5.89 Å². The molecule has 0 saturated carbocycles. The fourth-order valence-electron chi connectivity index (χ4n) is 2.67. The van der Waals surface area contributed by atoms with E-state index >= 15 is 0 Å². The van der Waals surface area contributed by atoms with Crippen LogP contribution in [0.2, 0.25) is 0 Å². The van der Waals surface area contributed by atoms with Crippen molar-refractivity contribution in [1.82, 2.24) is 30.2 Å². The molecule has 0 spiro atoms. The van der Waals surface area contributed by atoms with Gasteiger partial charge in [-0.1, -0.05) is 5.16 Å². The van der Waals surface area contributed by atoms with Crippen molar-refractivity contribution in [2.24, 2.45) is 0 Å². The highest BCUT2D eigenvalue weighted by Crippen LogP contribution is 2.08. The van der Waals surface area contributed by atoms with Crippen LogP contribution >= 0.6 is 0 Å². The summed E-state index contributed by atoms with van der Waals surface area (Å²) in [5, 5.41) is 6.59. The molecule has 1 saturated heterocycles. The van der Waals surface area contributed by atoms with E-state index in [9.17, 15) is 9.59 Å². The van der Waals surface area contributed by atoms with Crippen molar-refractivity contribution in [3.63, 3.8) is 0 Å². The molecule has 2 N–H and O–H groups in total.